The molecule has 0 bridgehead atoms. The quantitative estimate of drug-likeness (QED) is 0.237. The summed E-state index contributed by atoms with van der Waals surface area (Å²) < 4.78 is 4.72. The van der Waals surface area contributed by atoms with Crippen LogP contribution in [0.4, 0.5) is 0 Å². The summed E-state index contributed by atoms with van der Waals surface area (Å²) in [6, 6.07) is 45.4. The van der Waals surface area contributed by atoms with Gasteiger partial charge in [-0.05, 0) is 65.7 Å². The van der Waals surface area contributed by atoms with Gasteiger partial charge in [0.05, 0.1) is 16.6 Å². The van der Waals surface area contributed by atoms with Crippen molar-refractivity contribution in [2.45, 2.75) is 19.3 Å². The van der Waals surface area contributed by atoms with Gasteiger partial charge in [0.2, 0.25) is 0 Å². The van der Waals surface area contributed by atoms with Gasteiger partial charge in [-0.15, -0.1) is 0 Å². The van der Waals surface area contributed by atoms with Crippen molar-refractivity contribution in [3.8, 4) is 33.9 Å². The molecule has 5 aromatic carbocycles. The van der Waals surface area contributed by atoms with Crippen LogP contribution in [0.1, 0.15) is 25.1 Å². The first kappa shape index (κ1) is 22.1. The van der Waals surface area contributed by atoms with Crippen LogP contribution in [0.25, 0.3) is 55.8 Å². The van der Waals surface area contributed by atoms with Crippen LogP contribution in [-0.2, 0) is 5.41 Å². The first-order chi connectivity index (χ1) is 19.1. The van der Waals surface area contributed by atoms with Gasteiger partial charge in [-0.3, -0.25) is 4.57 Å². The zero-order valence-corrected chi connectivity index (χ0v) is 22.0. The molecule has 0 N–H and O–H groups in total. The Morgan fingerprint density at radius 2 is 1.21 bits per heavy atom. The molecule has 3 heteroatoms. The van der Waals surface area contributed by atoms with Crippen LogP contribution < -0.4 is 0 Å². The zero-order chi connectivity index (χ0) is 26.1. The fraction of sp³-hybridized carbons (Fsp3) is 0.0833. The van der Waals surface area contributed by atoms with E-state index < -0.39 is 0 Å². The van der Waals surface area contributed by atoms with Crippen molar-refractivity contribution in [3.05, 3.63) is 139 Å². The lowest BCUT2D eigenvalue weighted by Gasteiger charge is -2.24. The maximum absolute atomic E-state index is 5.07. The number of para-hydroxylation sites is 4. The van der Waals surface area contributed by atoms with E-state index in [1.54, 1.807) is 0 Å². The van der Waals surface area contributed by atoms with E-state index in [-0.39, 0.29) is 5.41 Å². The lowest BCUT2D eigenvalue weighted by Crippen LogP contribution is -2.19. The lowest BCUT2D eigenvalue weighted by atomic mass is 9.85. The summed E-state index contributed by atoms with van der Waals surface area (Å²) in [5, 5.41) is 1.31. The minimum atomic E-state index is -0.106. The maximum Gasteiger partial charge on any atom is 0.145 e. The van der Waals surface area contributed by atoms with Crippen LogP contribution in [-0.4, -0.2) is 14.1 Å². The first-order valence-electron chi connectivity index (χ1n) is 13.5. The number of nitrogens with zero attached hydrogens (tertiary/aromatic N) is 3. The van der Waals surface area contributed by atoms with Crippen LogP contribution >= 0.6 is 0 Å². The second-order valence-corrected chi connectivity index (χ2v) is 10.9. The first-order valence-corrected chi connectivity index (χ1v) is 13.5. The van der Waals surface area contributed by atoms with Crippen LogP contribution in [0.3, 0.4) is 0 Å². The van der Waals surface area contributed by atoms with Gasteiger partial charge in [0.15, 0.2) is 0 Å². The van der Waals surface area contributed by atoms with Crippen LogP contribution in [0, 0.1) is 0 Å². The van der Waals surface area contributed by atoms with Gasteiger partial charge in [0.1, 0.15) is 5.82 Å². The summed E-state index contributed by atoms with van der Waals surface area (Å²) in [6.45, 7) is 4.70. The molecule has 186 valence electrons. The van der Waals surface area contributed by atoms with Crippen molar-refractivity contribution in [3.63, 3.8) is 0 Å². The molecular weight excluding hydrogens is 474 g/mol. The molecule has 7 aromatic rings. The number of benzene rings is 5. The van der Waals surface area contributed by atoms with E-state index in [1.807, 2.05) is 0 Å². The van der Waals surface area contributed by atoms with E-state index in [0.717, 1.165) is 28.1 Å². The Balaban J connectivity index is 1.33. The van der Waals surface area contributed by atoms with Crippen molar-refractivity contribution in [2.24, 2.45) is 0 Å². The van der Waals surface area contributed by atoms with Gasteiger partial charge >= 0.3 is 0 Å². The molecule has 8 rings (SSSR count). The predicted molar refractivity (Wildman–Crippen MR) is 161 cm³/mol. The molecule has 1 aliphatic rings. The Hall–Kier alpha value is -4.89. The number of hydrogen-bond acceptors (Lipinski definition) is 1. The summed E-state index contributed by atoms with van der Waals surface area (Å²) >= 11 is 0. The lowest BCUT2D eigenvalue weighted by molar-refractivity contribution is 0.624. The van der Waals surface area contributed by atoms with E-state index in [0.29, 0.717) is 0 Å². The molecule has 0 aliphatic heterocycles. The summed E-state index contributed by atoms with van der Waals surface area (Å²) in [5.74, 6) is 0.948. The number of hydrogen-bond donors (Lipinski definition) is 0. The third-order valence-electron chi connectivity index (χ3n) is 8.30. The molecule has 0 unspecified atom stereocenters. The van der Waals surface area contributed by atoms with Gasteiger partial charge in [-0.1, -0.05) is 86.6 Å². The highest BCUT2D eigenvalue weighted by molar-refractivity contribution is 6.03. The summed E-state index contributed by atoms with van der Waals surface area (Å²) in [4.78, 5) is 5.07. The molecule has 0 radical (unpaired) electrons. The third kappa shape index (κ3) is 3.07. The third-order valence-corrected chi connectivity index (χ3v) is 8.30. The van der Waals surface area contributed by atoms with Crippen LogP contribution in [0.15, 0.2) is 127 Å². The highest BCUT2D eigenvalue weighted by Gasteiger charge is 2.40. The number of imidazole rings is 1. The van der Waals surface area contributed by atoms with Crippen molar-refractivity contribution < 1.29 is 0 Å². The fourth-order valence-electron chi connectivity index (χ4n) is 6.56. The number of fused-ring (bicyclic) bond motifs is 6. The molecule has 1 aliphatic carbocycles. The molecule has 0 spiro atoms. The molecule has 3 nitrogen and oxygen atoms in total. The molecule has 39 heavy (non-hydrogen) atoms. The Morgan fingerprint density at radius 1 is 0.564 bits per heavy atom. The Kier molecular flexibility index (Phi) is 4.57. The van der Waals surface area contributed by atoms with Crippen molar-refractivity contribution in [2.75, 3.05) is 0 Å². The monoisotopic (exact) mass is 501 g/mol. The van der Waals surface area contributed by atoms with E-state index in [9.17, 15) is 0 Å². The van der Waals surface area contributed by atoms with E-state index in [1.165, 1.54) is 39.0 Å². The SMILES string of the molecule is CC1(C)c2ccccc2-c2c1n(-c1ccc(-c3nc4ccccc4n3-c3ccccc3)cc1)c1ccccc21. The van der Waals surface area contributed by atoms with Crippen LogP contribution in [0.5, 0.6) is 0 Å². The second kappa shape index (κ2) is 8.05. The molecule has 2 aromatic heterocycles. The van der Waals surface area contributed by atoms with E-state index >= 15 is 0 Å². The normalized spacial score (nSPS) is 13.6. The summed E-state index contributed by atoms with van der Waals surface area (Å²) in [7, 11) is 0. The van der Waals surface area contributed by atoms with Gasteiger partial charge in [-0.25, -0.2) is 4.98 Å². The average molecular weight is 502 g/mol. The molecule has 0 saturated heterocycles. The van der Waals surface area contributed by atoms with Crippen molar-refractivity contribution >= 4 is 21.9 Å². The van der Waals surface area contributed by atoms with Gasteiger partial charge in [0, 0.05) is 39.0 Å². The molecule has 0 atom stereocenters. The highest BCUT2D eigenvalue weighted by Crippen LogP contribution is 2.53. The number of aromatic nitrogens is 3. The molecule has 0 fully saturated rings. The number of rotatable bonds is 3. The largest absolute Gasteiger partial charge is 0.312 e. The van der Waals surface area contributed by atoms with Crippen molar-refractivity contribution in [1.29, 1.82) is 0 Å². The predicted octanol–water partition coefficient (Wildman–Crippen LogP) is 8.94. The Morgan fingerprint density at radius 3 is 2.03 bits per heavy atom. The fourth-order valence-corrected chi connectivity index (χ4v) is 6.56. The maximum atomic E-state index is 5.07. The van der Waals surface area contributed by atoms with Gasteiger partial charge in [-0.2, -0.15) is 0 Å². The molecule has 2 heterocycles. The van der Waals surface area contributed by atoms with E-state index in [2.05, 4.69) is 150 Å². The topological polar surface area (TPSA) is 22.8 Å². The van der Waals surface area contributed by atoms with Gasteiger partial charge < -0.3 is 4.57 Å². The van der Waals surface area contributed by atoms with Gasteiger partial charge in [0.25, 0.3) is 0 Å². The summed E-state index contributed by atoms with van der Waals surface area (Å²) in [5.41, 5.74) is 12.1. The molecule has 0 amide bonds. The zero-order valence-electron chi connectivity index (χ0n) is 22.0. The smallest absolute Gasteiger partial charge is 0.145 e. The highest BCUT2D eigenvalue weighted by atomic mass is 15.1. The van der Waals surface area contributed by atoms with Crippen LogP contribution in [0.2, 0.25) is 0 Å². The standard InChI is InChI=1S/C36H27N3/c1-36(2)29-16-8-6-14-27(29)33-28-15-7-10-18-31(28)38(34(33)36)26-22-20-24(21-23-26)35-37-30-17-9-11-19-32(30)39(35)25-12-4-3-5-13-25/h3-23H,1-2H3. The molecular formula is C36H27N3. The minimum Gasteiger partial charge on any atom is -0.312 e. The average Bonchev–Trinajstić information content (AvgIpc) is 3.61. The second-order valence-electron chi connectivity index (χ2n) is 10.9. The van der Waals surface area contributed by atoms with E-state index in [4.69, 9.17) is 4.98 Å². The Bertz CT molecular complexity index is 2020. The summed E-state index contributed by atoms with van der Waals surface area (Å²) in [6.07, 6.45) is 0. The minimum absolute atomic E-state index is 0.106. The van der Waals surface area contributed by atoms with Crippen molar-refractivity contribution in [1.82, 2.24) is 14.1 Å². The molecule has 0 saturated carbocycles. The Labute approximate surface area is 227 Å².